The highest BCUT2D eigenvalue weighted by molar-refractivity contribution is 7.14. The van der Waals surface area contributed by atoms with Crippen LogP contribution in [0.25, 0.3) is 10.6 Å². The highest BCUT2D eigenvalue weighted by Crippen LogP contribution is 2.25. The minimum absolute atomic E-state index is 0.760. The molecule has 1 N–H and O–H groups in total. The number of ether oxygens (including phenoxy) is 1. The van der Waals surface area contributed by atoms with Crippen molar-refractivity contribution in [2.24, 2.45) is 0 Å². The summed E-state index contributed by atoms with van der Waals surface area (Å²) in [5, 5.41) is 14.1. The van der Waals surface area contributed by atoms with Crippen molar-refractivity contribution < 1.29 is 4.74 Å². The van der Waals surface area contributed by atoms with Crippen LogP contribution in [-0.4, -0.2) is 37.0 Å². The third-order valence-corrected chi connectivity index (χ3v) is 4.19. The van der Waals surface area contributed by atoms with Crippen LogP contribution in [0.2, 0.25) is 0 Å². The summed E-state index contributed by atoms with van der Waals surface area (Å²) < 4.78 is 5.00. The zero-order valence-electron chi connectivity index (χ0n) is 13.0. The Morgan fingerprint density at radius 2 is 1.86 bits per heavy atom. The van der Waals surface area contributed by atoms with Crippen LogP contribution in [0.3, 0.4) is 0 Å². The Bertz CT molecular complexity index is 548. The lowest BCUT2D eigenvalue weighted by molar-refractivity contribution is 0.199. The molecule has 0 saturated heterocycles. The molecule has 21 heavy (non-hydrogen) atoms. The van der Waals surface area contributed by atoms with Gasteiger partial charge in [0.05, 0.1) is 6.61 Å². The molecule has 0 aliphatic carbocycles. The van der Waals surface area contributed by atoms with Crippen LogP contribution in [0.4, 0.5) is 0 Å². The van der Waals surface area contributed by atoms with Gasteiger partial charge < -0.3 is 10.1 Å². The van der Waals surface area contributed by atoms with Crippen LogP contribution in [-0.2, 0) is 11.2 Å². The van der Waals surface area contributed by atoms with E-state index in [1.807, 2.05) is 0 Å². The minimum atomic E-state index is 0.760. The van der Waals surface area contributed by atoms with Crippen molar-refractivity contribution in [2.45, 2.75) is 26.7 Å². The zero-order valence-corrected chi connectivity index (χ0v) is 13.8. The summed E-state index contributed by atoms with van der Waals surface area (Å²) in [5.41, 5.74) is 3.71. The molecule has 2 aromatic rings. The van der Waals surface area contributed by atoms with E-state index in [4.69, 9.17) is 4.74 Å². The lowest BCUT2D eigenvalue weighted by atomic mass is 10.1. The maximum Gasteiger partial charge on any atom is 0.147 e. The smallest absolute Gasteiger partial charge is 0.147 e. The molecule has 114 valence electrons. The first kappa shape index (κ1) is 16.1. The van der Waals surface area contributed by atoms with Crippen LogP contribution in [0, 0.1) is 13.8 Å². The third-order valence-electron chi connectivity index (χ3n) is 3.16. The number of hydrogen-bond acceptors (Lipinski definition) is 5. The van der Waals surface area contributed by atoms with Gasteiger partial charge in [0.2, 0.25) is 0 Å². The fourth-order valence-electron chi connectivity index (χ4n) is 2.23. The zero-order chi connectivity index (χ0) is 15.1. The van der Waals surface area contributed by atoms with Crippen molar-refractivity contribution in [3.05, 3.63) is 34.3 Å². The van der Waals surface area contributed by atoms with Gasteiger partial charge in [0.15, 0.2) is 0 Å². The lowest BCUT2D eigenvalue weighted by Crippen LogP contribution is -2.20. The van der Waals surface area contributed by atoms with Gasteiger partial charge in [-0.2, -0.15) is 0 Å². The number of nitrogens with one attached hydrogen (secondary N) is 1. The van der Waals surface area contributed by atoms with Crippen molar-refractivity contribution in [3.63, 3.8) is 0 Å². The standard InChI is InChI=1S/C16H23N3OS/c1-12-9-13(2)11-14(10-12)16-19-18-15(21-16)5-4-6-17-7-8-20-3/h9-11,17H,4-8H2,1-3H3. The molecule has 0 aliphatic heterocycles. The maximum atomic E-state index is 5.00. The lowest BCUT2D eigenvalue weighted by Gasteiger charge is -2.02. The van der Waals surface area contributed by atoms with Gasteiger partial charge in [0.1, 0.15) is 10.0 Å². The maximum absolute atomic E-state index is 5.00. The Morgan fingerprint density at radius 1 is 1.10 bits per heavy atom. The molecule has 0 amide bonds. The van der Waals surface area contributed by atoms with Crippen LogP contribution < -0.4 is 5.32 Å². The second kappa shape index (κ2) is 8.22. The molecule has 0 unspecified atom stereocenters. The average Bonchev–Trinajstić information content (AvgIpc) is 2.90. The minimum Gasteiger partial charge on any atom is -0.383 e. The fraction of sp³-hybridized carbons (Fsp3) is 0.500. The van der Waals surface area contributed by atoms with Gasteiger partial charge in [-0.3, -0.25) is 0 Å². The first-order chi connectivity index (χ1) is 10.2. The van der Waals surface area contributed by atoms with Gasteiger partial charge in [-0.15, -0.1) is 10.2 Å². The van der Waals surface area contributed by atoms with Gasteiger partial charge in [-0.1, -0.05) is 28.5 Å². The molecule has 0 aliphatic rings. The van der Waals surface area contributed by atoms with E-state index < -0.39 is 0 Å². The highest BCUT2D eigenvalue weighted by Gasteiger charge is 2.07. The molecule has 0 atom stereocenters. The number of aryl methyl sites for hydroxylation is 3. The van der Waals surface area contributed by atoms with Gasteiger partial charge in [0, 0.05) is 25.6 Å². The largest absolute Gasteiger partial charge is 0.383 e. The number of aromatic nitrogens is 2. The first-order valence-electron chi connectivity index (χ1n) is 7.30. The second-order valence-corrected chi connectivity index (χ2v) is 6.29. The van der Waals surface area contributed by atoms with Gasteiger partial charge in [-0.05, 0) is 38.9 Å². The predicted octanol–water partition coefficient (Wildman–Crippen LogP) is 2.99. The number of benzene rings is 1. The van der Waals surface area contributed by atoms with E-state index in [-0.39, 0.29) is 0 Å². The van der Waals surface area contributed by atoms with Crippen LogP contribution >= 0.6 is 11.3 Å². The van der Waals surface area contributed by atoms with Gasteiger partial charge in [-0.25, -0.2) is 0 Å². The Balaban J connectivity index is 1.86. The van der Waals surface area contributed by atoms with E-state index in [2.05, 4.69) is 47.6 Å². The summed E-state index contributed by atoms with van der Waals surface area (Å²) in [6.07, 6.45) is 2.05. The van der Waals surface area contributed by atoms with Gasteiger partial charge >= 0.3 is 0 Å². The number of nitrogens with zero attached hydrogens (tertiary/aromatic N) is 2. The molecule has 0 fully saturated rings. The third kappa shape index (κ3) is 5.19. The highest BCUT2D eigenvalue weighted by atomic mass is 32.1. The molecule has 1 aromatic heterocycles. The molecular formula is C16H23N3OS. The summed E-state index contributed by atoms with van der Waals surface area (Å²) in [5.74, 6) is 0. The Labute approximate surface area is 130 Å². The van der Waals surface area contributed by atoms with E-state index >= 15 is 0 Å². The Kier molecular flexibility index (Phi) is 6.29. The van der Waals surface area contributed by atoms with E-state index in [0.29, 0.717) is 0 Å². The molecule has 1 heterocycles. The summed E-state index contributed by atoms with van der Waals surface area (Å²) in [6, 6.07) is 6.52. The first-order valence-corrected chi connectivity index (χ1v) is 8.11. The fourth-order valence-corrected chi connectivity index (χ4v) is 3.10. The Hall–Kier alpha value is -1.30. The Morgan fingerprint density at radius 3 is 2.57 bits per heavy atom. The predicted molar refractivity (Wildman–Crippen MR) is 87.9 cm³/mol. The SMILES string of the molecule is COCCNCCCc1nnc(-c2cc(C)cc(C)c2)s1. The van der Waals surface area contributed by atoms with Crippen molar-refractivity contribution in [1.82, 2.24) is 15.5 Å². The van der Waals surface area contributed by atoms with Crippen LogP contribution in [0.5, 0.6) is 0 Å². The molecule has 1 aromatic carbocycles. The van der Waals surface area contributed by atoms with E-state index in [1.54, 1.807) is 18.4 Å². The van der Waals surface area contributed by atoms with E-state index in [9.17, 15) is 0 Å². The molecule has 0 saturated carbocycles. The summed E-state index contributed by atoms with van der Waals surface area (Å²) in [4.78, 5) is 0. The summed E-state index contributed by atoms with van der Waals surface area (Å²) in [6.45, 7) is 6.88. The molecule has 0 radical (unpaired) electrons. The molecular weight excluding hydrogens is 282 g/mol. The molecule has 4 nitrogen and oxygen atoms in total. The van der Waals surface area contributed by atoms with Crippen LogP contribution in [0.1, 0.15) is 22.6 Å². The van der Waals surface area contributed by atoms with Crippen molar-refractivity contribution >= 4 is 11.3 Å². The van der Waals surface area contributed by atoms with Crippen LogP contribution in [0.15, 0.2) is 18.2 Å². The quantitative estimate of drug-likeness (QED) is 0.762. The van der Waals surface area contributed by atoms with Crippen molar-refractivity contribution in [1.29, 1.82) is 0 Å². The number of methoxy groups -OCH3 is 1. The normalized spacial score (nSPS) is 11.0. The molecule has 5 heteroatoms. The summed E-state index contributed by atoms with van der Waals surface area (Å²) in [7, 11) is 1.72. The number of rotatable bonds is 8. The summed E-state index contributed by atoms with van der Waals surface area (Å²) >= 11 is 1.70. The average molecular weight is 305 g/mol. The van der Waals surface area contributed by atoms with Gasteiger partial charge in [0.25, 0.3) is 0 Å². The topological polar surface area (TPSA) is 47.0 Å². The van der Waals surface area contributed by atoms with Crippen molar-refractivity contribution in [3.8, 4) is 10.6 Å². The number of hydrogen-bond donors (Lipinski definition) is 1. The van der Waals surface area contributed by atoms with Crippen molar-refractivity contribution in [2.75, 3.05) is 26.8 Å². The van der Waals surface area contributed by atoms with E-state index in [0.717, 1.165) is 42.6 Å². The monoisotopic (exact) mass is 305 g/mol. The molecule has 0 bridgehead atoms. The molecule has 2 rings (SSSR count). The second-order valence-electron chi connectivity index (χ2n) is 5.22. The van der Waals surface area contributed by atoms with E-state index in [1.165, 1.54) is 16.7 Å². The molecule has 0 spiro atoms.